The average Bonchev–Trinajstić information content (AvgIpc) is 2.53. The summed E-state index contributed by atoms with van der Waals surface area (Å²) in [6.45, 7) is 2.83. The second kappa shape index (κ2) is 6.27. The number of hydrogen-bond donors (Lipinski definition) is 1. The summed E-state index contributed by atoms with van der Waals surface area (Å²) in [5, 5.41) is 11.6. The molecule has 21 heavy (non-hydrogen) atoms. The van der Waals surface area contributed by atoms with Crippen LogP contribution in [0.2, 0.25) is 0 Å². The summed E-state index contributed by atoms with van der Waals surface area (Å²) < 4.78 is 0. The third-order valence-electron chi connectivity index (χ3n) is 4.47. The molecule has 110 valence electrons. The van der Waals surface area contributed by atoms with Crippen molar-refractivity contribution in [3.63, 3.8) is 0 Å². The summed E-state index contributed by atoms with van der Waals surface area (Å²) in [4.78, 5) is 13.3. The molecule has 0 radical (unpaired) electrons. The highest BCUT2D eigenvalue weighted by Gasteiger charge is 2.23. The van der Waals surface area contributed by atoms with Crippen LogP contribution in [0.3, 0.4) is 0 Å². The molecule has 3 heteroatoms. The SMILES string of the molecule is O=C(O)C1CCN(CCc2ccc3ccccc3c2)CC1. The van der Waals surface area contributed by atoms with Gasteiger partial charge in [0, 0.05) is 6.54 Å². The molecular weight excluding hydrogens is 262 g/mol. The van der Waals surface area contributed by atoms with Gasteiger partial charge in [-0.25, -0.2) is 0 Å². The zero-order chi connectivity index (χ0) is 14.7. The van der Waals surface area contributed by atoms with E-state index in [0.29, 0.717) is 0 Å². The quantitative estimate of drug-likeness (QED) is 0.937. The van der Waals surface area contributed by atoms with Crippen molar-refractivity contribution in [1.82, 2.24) is 4.90 Å². The second-order valence-corrected chi connectivity index (χ2v) is 5.89. The van der Waals surface area contributed by atoms with E-state index in [0.717, 1.165) is 38.9 Å². The monoisotopic (exact) mass is 283 g/mol. The van der Waals surface area contributed by atoms with Gasteiger partial charge < -0.3 is 10.0 Å². The molecular formula is C18H21NO2. The highest BCUT2D eigenvalue weighted by molar-refractivity contribution is 5.82. The number of rotatable bonds is 4. The molecule has 3 rings (SSSR count). The van der Waals surface area contributed by atoms with E-state index >= 15 is 0 Å². The maximum Gasteiger partial charge on any atom is 0.306 e. The molecule has 1 N–H and O–H groups in total. The highest BCUT2D eigenvalue weighted by atomic mass is 16.4. The second-order valence-electron chi connectivity index (χ2n) is 5.89. The molecule has 0 unspecified atom stereocenters. The van der Waals surface area contributed by atoms with Crippen molar-refractivity contribution in [3.8, 4) is 0 Å². The largest absolute Gasteiger partial charge is 0.481 e. The molecule has 0 amide bonds. The van der Waals surface area contributed by atoms with Crippen molar-refractivity contribution in [2.24, 2.45) is 5.92 Å². The molecule has 0 aliphatic carbocycles. The highest BCUT2D eigenvalue weighted by Crippen LogP contribution is 2.19. The third kappa shape index (κ3) is 3.42. The van der Waals surface area contributed by atoms with Gasteiger partial charge in [0.2, 0.25) is 0 Å². The van der Waals surface area contributed by atoms with Gasteiger partial charge in [-0.1, -0.05) is 42.5 Å². The average molecular weight is 283 g/mol. The number of benzene rings is 2. The van der Waals surface area contributed by atoms with Crippen LogP contribution < -0.4 is 0 Å². The summed E-state index contributed by atoms with van der Waals surface area (Å²) in [6.07, 6.45) is 2.60. The summed E-state index contributed by atoms with van der Waals surface area (Å²) in [6, 6.07) is 15.1. The first-order valence-corrected chi connectivity index (χ1v) is 7.65. The Kier molecular flexibility index (Phi) is 4.20. The minimum Gasteiger partial charge on any atom is -0.481 e. The lowest BCUT2D eigenvalue weighted by Gasteiger charge is -2.29. The first-order valence-electron chi connectivity index (χ1n) is 7.65. The molecule has 2 aromatic rings. The van der Waals surface area contributed by atoms with E-state index in [1.165, 1.54) is 16.3 Å². The lowest BCUT2D eigenvalue weighted by atomic mass is 9.96. The van der Waals surface area contributed by atoms with Gasteiger partial charge in [-0.2, -0.15) is 0 Å². The van der Waals surface area contributed by atoms with E-state index < -0.39 is 5.97 Å². The van der Waals surface area contributed by atoms with Gasteiger partial charge in [-0.3, -0.25) is 4.79 Å². The van der Waals surface area contributed by atoms with Gasteiger partial charge in [0.25, 0.3) is 0 Å². The van der Waals surface area contributed by atoms with Gasteiger partial charge in [-0.15, -0.1) is 0 Å². The van der Waals surface area contributed by atoms with E-state index in [1.54, 1.807) is 0 Å². The number of carboxylic acids is 1. The molecule has 1 aliphatic rings. The van der Waals surface area contributed by atoms with Crippen LogP contribution in [0.4, 0.5) is 0 Å². The summed E-state index contributed by atoms with van der Waals surface area (Å²) in [5.74, 6) is -0.772. The normalized spacial score (nSPS) is 17.1. The number of hydrogen-bond acceptors (Lipinski definition) is 2. The molecule has 1 fully saturated rings. The van der Waals surface area contributed by atoms with Crippen molar-refractivity contribution >= 4 is 16.7 Å². The molecule has 0 spiro atoms. The number of piperidine rings is 1. The third-order valence-corrected chi connectivity index (χ3v) is 4.47. The molecule has 1 aliphatic heterocycles. The molecule has 0 bridgehead atoms. The first kappa shape index (κ1) is 14.1. The summed E-state index contributed by atoms with van der Waals surface area (Å²) in [5.41, 5.74) is 1.36. The standard InChI is InChI=1S/C18H21NO2/c20-18(21)16-8-11-19(12-9-16)10-7-14-5-6-15-3-1-2-4-17(15)13-14/h1-6,13,16H,7-12H2,(H,20,21). The van der Waals surface area contributed by atoms with Gasteiger partial charge >= 0.3 is 5.97 Å². The van der Waals surface area contributed by atoms with Gasteiger partial charge in [0.1, 0.15) is 0 Å². The van der Waals surface area contributed by atoms with Crippen LogP contribution in [0.5, 0.6) is 0 Å². The van der Waals surface area contributed by atoms with E-state index in [9.17, 15) is 4.79 Å². The van der Waals surface area contributed by atoms with Gasteiger partial charge in [0.05, 0.1) is 5.92 Å². The van der Waals surface area contributed by atoms with Crippen LogP contribution in [-0.4, -0.2) is 35.6 Å². The van der Waals surface area contributed by atoms with Crippen LogP contribution in [0, 0.1) is 5.92 Å². The first-order chi connectivity index (χ1) is 10.2. The number of carbonyl (C=O) groups is 1. The minimum atomic E-state index is -0.635. The maximum atomic E-state index is 10.9. The topological polar surface area (TPSA) is 40.5 Å². The molecule has 1 saturated heterocycles. The maximum absolute atomic E-state index is 10.9. The Morgan fingerprint density at radius 3 is 2.52 bits per heavy atom. The number of nitrogens with zero attached hydrogens (tertiary/aromatic N) is 1. The smallest absolute Gasteiger partial charge is 0.306 e. The van der Waals surface area contributed by atoms with Crippen molar-refractivity contribution in [2.45, 2.75) is 19.3 Å². The lowest BCUT2D eigenvalue weighted by molar-refractivity contribution is -0.143. The van der Waals surface area contributed by atoms with E-state index in [-0.39, 0.29) is 5.92 Å². The Morgan fingerprint density at radius 2 is 1.81 bits per heavy atom. The van der Waals surface area contributed by atoms with Crippen molar-refractivity contribution in [3.05, 3.63) is 48.0 Å². The molecule has 1 heterocycles. The Morgan fingerprint density at radius 1 is 1.10 bits per heavy atom. The fourth-order valence-corrected chi connectivity index (χ4v) is 3.09. The molecule has 0 saturated carbocycles. The van der Waals surface area contributed by atoms with E-state index in [1.807, 2.05) is 0 Å². The Bertz CT molecular complexity index is 630. The Labute approximate surface area is 125 Å². The molecule has 0 aromatic heterocycles. The summed E-state index contributed by atoms with van der Waals surface area (Å²) >= 11 is 0. The zero-order valence-corrected chi connectivity index (χ0v) is 12.2. The molecule has 3 nitrogen and oxygen atoms in total. The summed E-state index contributed by atoms with van der Waals surface area (Å²) in [7, 11) is 0. The number of aliphatic carboxylic acids is 1. The molecule has 2 aromatic carbocycles. The van der Waals surface area contributed by atoms with Crippen molar-refractivity contribution < 1.29 is 9.90 Å². The van der Waals surface area contributed by atoms with Crippen LogP contribution in [0.15, 0.2) is 42.5 Å². The van der Waals surface area contributed by atoms with Gasteiger partial charge in [-0.05, 0) is 48.7 Å². The molecule has 0 atom stereocenters. The predicted molar refractivity (Wildman–Crippen MR) is 84.5 cm³/mol. The number of fused-ring (bicyclic) bond motifs is 1. The van der Waals surface area contributed by atoms with Crippen molar-refractivity contribution in [1.29, 1.82) is 0 Å². The fraction of sp³-hybridized carbons (Fsp3) is 0.389. The van der Waals surface area contributed by atoms with Crippen molar-refractivity contribution in [2.75, 3.05) is 19.6 Å². The minimum absolute atomic E-state index is 0.137. The predicted octanol–water partition coefficient (Wildman–Crippen LogP) is 3.18. The fourth-order valence-electron chi connectivity index (χ4n) is 3.09. The Hall–Kier alpha value is -1.87. The lowest BCUT2D eigenvalue weighted by Crippen LogP contribution is -2.37. The Balaban J connectivity index is 1.56. The van der Waals surface area contributed by atoms with E-state index in [4.69, 9.17) is 5.11 Å². The van der Waals surface area contributed by atoms with E-state index in [2.05, 4.69) is 47.4 Å². The van der Waals surface area contributed by atoms with Crippen LogP contribution in [0.1, 0.15) is 18.4 Å². The van der Waals surface area contributed by atoms with Crippen LogP contribution in [-0.2, 0) is 11.2 Å². The van der Waals surface area contributed by atoms with Gasteiger partial charge in [0.15, 0.2) is 0 Å². The van der Waals surface area contributed by atoms with Crippen LogP contribution >= 0.6 is 0 Å². The number of likely N-dealkylation sites (tertiary alicyclic amines) is 1. The zero-order valence-electron chi connectivity index (χ0n) is 12.2. The number of carboxylic acid groups (broad SMARTS) is 1. The van der Waals surface area contributed by atoms with Crippen LogP contribution in [0.25, 0.3) is 10.8 Å².